The zero-order valence-electron chi connectivity index (χ0n) is 26.3. The Morgan fingerprint density at radius 2 is 1.31 bits per heavy atom. The number of nitrogens with zero attached hydrogens (tertiary/aromatic N) is 3. The molecule has 0 radical (unpaired) electrons. The number of amides is 1. The van der Waals surface area contributed by atoms with Crippen molar-refractivity contribution < 1.29 is 28.8 Å². The van der Waals surface area contributed by atoms with Crippen molar-refractivity contribution in [3.63, 3.8) is 0 Å². The highest BCUT2D eigenvalue weighted by atomic mass is 16.6. The van der Waals surface area contributed by atoms with Gasteiger partial charge >= 0.3 is 11.9 Å². The molecule has 1 aromatic carbocycles. The Morgan fingerprint density at radius 1 is 0.810 bits per heavy atom. The summed E-state index contributed by atoms with van der Waals surface area (Å²) in [6.07, 6.45) is 12.1. The van der Waals surface area contributed by atoms with Crippen molar-refractivity contribution in [1.29, 1.82) is 0 Å². The van der Waals surface area contributed by atoms with Crippen LogP contribution in [0, 0.1) is 10.1 Å². The van der Waals surface area contributed by atoms with E-state index < -0.39 is 29.0 Å². The molecule has 0 saturated heterocycles. The first-order valence-corrected chi connectivity index (χ1v) is 15.2. The number of rotatable bonds is 23. The molecule has 0 fully saturated rings. The molecule has 0 aromatic heterocycles. The molecule has 42 heavy (non-hydrogen) atoms. The minimum absolute atomic E-state index is 0.0106. The fourth-order valence-corrected chi connectivity index (χ4v) is 4.53. The molecular weight excluding hydrogens is 540 g/mol. The molecule has 1 rings (SSSR count). The summed E-state index contributed by atoms with van der Waals surface area (Å²) in [4.78, 5) is 51.9. The average molecular weight is 593 g/mol. The highest BCUT2D eigenvalue weighted by molar-refractivity contribution is 5.77. The van der Waals surface area contributed by atoms with Crippen LogP contribution in [0.5, 0.6) is 0 Å². The van der Waals surface area contributed by atoms with Gasteiger partial charge in [0.25, 0.3) is 5.69 Å². The Balaban J connectivity index is 2.86. The van der Waals surface area contributed by atoms with Gasteiger partial charge in [0.2, 0.25) is 5.91 Å². The second-order valence-corrected chi connectivity index (χ2v) is 11.4. The third-order valence-corrected chi connectivity index (χ3v) is 6.72. The minimum Gasteiger partial charge on any atom is -0.462 e. The molecular formula is C31H52N4O7. The number of carbonyl (C=O) groups excluding carboxylic acids is 3. The molecule has 0 aliphatic carbocycles. The van der Waals surface area contributed by atoms with Crippen molar-refractivity contribution in [1.82, 2.24) is 15.1 Å². The lowest BCUT2D eigenvalue weighted by Gasteiger charge is -2.29. The highest BCUT2D eigenvalue weighted by Crippen LogP contribution is 2.25. The number of carbonyl (C=O) groups is 3. The van der Waals surface area contributed by atoms with Crippen molar-refractivity contribution in [2.75, 3.05) is 47.9 Å². The van der Waals surface area contributed by atoms with Crippen LogP contribution in [0.25, 0.3) is 0 Å². The van der Waals surface area contributed by atoms with Crippen molar-refractivity contribution in [3.05, 3.63) is 39.9 Å². The standard InChI is InChI=1S/C31H52N4O7/c1-6-7-8-9-10-11-12-13-14-15-16-17-28(36)32-27(24-41-29(37)22-33(2)3)31(42-30(38)23-34(4)5)25-18-20-26(21-19-25)35(39)40/h18-21,27,31H,6-17,22-24H2,1-5H3,(H,32,36). The van der Waals surface area contributed by atoms with Gasteiger partial charge in [0.15, 0.2) is 6.10 Å². The third-order valence-electron chi connectivity index (χ3n) is 6.72. The third kappa shape index (κ3) is 17.0. The smallest absolute Gasteiger partial charge is 0.320 e. The Labute approximate surface area is 251 Å². The second kappa shape index (κ2) is 21.6. The molecule has 1 amide bonds. The van der Waals surface area contributed by atoms with Gasteiger partial charge in [-0.25, -0.2) is 0 Å². The van der Waals surface area contributed by atoms with E-state index in [0.29, 0.717) is 5.56 Å². The summed E-state index contributed by atoms with van der Waals surface area (Å²) in [5.74, 6) is -1.28. The van der Waals surface area contributed by atoms with E-state index in [0.717, 1.165) is 25.7 Å². The van der Waals surface area contributed by atoms with Gasteiger partial charge in [-0.15, -0.1) is 0 Å². The van der Waals surface area contributed by atoms with Crippen LogP contribution in [0.15, 0.2) is 24.3 Å². The normalized spacial score (nSPS) is 12.6. The monoisotopic (exact) mass is 592 g/mol. The summed E-state index contributed by atoms with van der Waals surface area (Å²) in [5, 5.41) is 14.1. The quantitative estimate of drug-likeness (QED) is 0.0804. The molecule has 0 aliphatic rings. The number of nitrogens with one attached hydrogen (secondary N) is 1. The minimum atomic E-state index is -1.02. The van der Waals surface area contributed by atoms with E-state index in [1.807, 2.05) is 0 Å². The van der Waals surface area contributed by atoms with Crippen molar-refractivity contribution in [2.45, 2.75) is 96.1 Å². The number of non-ortho nitro benzene ring substituents is 1. The molecule has 2 unspecified atom stereocenters. The van der Waals surface area contributed by atoms with Gasteiger partial charge in [0.1, 0.15) is 12.6 Å². The zero-order chi connectivity index (χ0) is 31.3. The Morgan fingerprint density at radius 3 is 1.81 bits per heavy atom. The van der Waals surface area contributed by atoms with Crippen LogP contribution >= 0.6 is 0 Å². The summed E-state index contributed by atoms with van der Waals surface area (Å²) in [7, 11) is 6.91. The summed E-state index contributed by atoms with van der Waals surface area (Å²) >= 11 is 0. The first kappa shape index (κ1) is 37.0. The van der Waals surface area contributed by atoms with Crippen LogP contribution in [0.3, 0.4) is 0 Å². The van der Waals surface area contributed by atoms with E-state index in [1.54, 1.807) is 38.0 Å². The molecule has 0 aliphatic heterocycles. The van der Waals surface area contributed by atoms with E-state index in [2.05, 4.69) is 12.2 Å². The largest absolute Gasteiger partial charge is 0.462 e. The van der Waals surface area contributed by atoms with E-state index in [4.69, 9.17) is 9.47 Å². The molecule has 11 nitrogen and oxygen atoms in total. The number of ether oxygens (including phenoxy) is 2. The Bertz CT molecular complexity index is 938. The molecule has 0 heterocycles. The first-order valence-electron chi connectivity index (χ1n) is 15.2. The van der Waals surface area contributed by atoms with Gasteiger partial charge in [0, 0.05) is 18.6 Å². The number of nitro groups is 1. The lowest BCUT2D eigenvalue weighted by Crippen LogP contribution is -2.45. The van der Waals surface area contributed by atoms with Gasteiger partial charge in [0.05, 0.1) is 18.0 Å². The highest BCUT2D eigenvalue weighted by Gasteiger charge is 2.30. The zero-order valence-corrected chi connectivity index (χ0v) is 26.3. The van der Waals surface area contributed by atoms with Gasteiger partial charge in [-0.1, -0.05) is 71.1 Å². The lowest BCUT2D eigenvalue weighted by atomic mass is 10.0. The fourth-order valence-electron chi connectivity index (χ4n) is 4.53. The molecule has 11 heteroatoms. The Kier molecular flexibility index (Phi) is 19.0. The van der Waals surface area contributed by atoms with E-state index in [-0.39, 0.29) is 37.7 Å². The summed E-state index contributed by atoms with van der Waals surface area (Å²) in [6, 6.07) is 4.70. The molecule has 1 N–H and O–H groups in total. The predicted octanol–water partition coefficient (Wildman–Crippen LogP) is 5.03. The topological polar surface area (TPSA) is 131 Å². The predicted molar refractivity (Wildman–Crippen MR) is 163 cm³/mol. The second-order valence-electron chi connectivity index (χ2n) is 11.4. The van der Waals surface area contributed by atoms with Crippen LogP contribution in [0.2, 0.25) is 0 Å². The lowest BCUT2D eigenvalue weighted by molar-refractivity contribution is -0.384. The molecule has 0 saturated carbocycles. The SMILES string of the molecule is CCCCCCCCCCCCCC(=O)NC(COC(=O)CN(C)C)C(OC(=O)CN(C)C)c1ccc([N+](=O)[O-])cc1. The van der Waals surface area contributed by atoms with Crippen LogP contribution < -0.4 is 5.32 Å². The van der Waals surface area contributed by atoms with E-state index >= 15 is 0 Å². The van der Waals surface area contributed by atoms with Gasteiger partial charge < -0.3 is 14.8 Å². The van der Waals surface area contributed by atoms with Gasteiger partial charge in [-0.2, -0.15) is 0 Å². The maximum atomic E-state index is 13.0. The maximum Gasteiger partial charge on any atom is 0.320 e. The first-order chi connectivity index (χ1) is 20.0. The van der Waals surface area contributed by atoms with Crippen molar-refractivity contribution >= 4 is 23.5 Å². The summed E-state index contributed by atoms with van der Waals surface area (Å²) in [5.41, 5.74) is 0.322. The molecule has 2 atom stereocenters. The molecule has 1 aromatic rings. The average Bonchev–Trinajstić information content (AvgIpc) is 2.92. The number of hydrogen-bond acceptors (Lipinski definition) is 9. The fraction of sp³-hybridized carbons (Fsp3) is 0.710. The summed E-state index contributed by atoms with van der Waals surface area (Å²) in [6.45, 7) is 2.03. The van der Waals surface area contributed by atoms with Crippen LogP contribution in [-0.4, -0.2) is 86.5 Å². The molecule has 0 bridgehead atoms. The van der Waals surface area contributed by atoms with E-state index in [1.165, 1.54) is 69.2 Å². The summed E-state index contributed by atoms with van der Waals surface area (Å²) < 4.78 is 11.2. The number of hydrogen-bond donors (Lipinski definition) is 1. The van der Waals surface area contributed by atoms with Crippen LogP contribution in [0.4, 0.5) is 5.69 Å². The number of benzene rings is 1. The number of nitro benzene ring substituents is 1. The van der Waals surface area contributed by atoms with Crippen molar-refractivity contribution in [3.8, 4) is 0 Å². The number of unbranched alkanes of at least 4 members (excludes halogenated alkanes) is 10. The van der Waals surface area contributed by atoms with Gasteiger partial charge in [-0.05, 0) is 52.3 Å². The van der Waals surface area contributed by atoms with Crippen LogP contribution in [0.1, 0.15) is 95.6 Å². The molecule has 238 valence electrons. The number of likely N-dealkylation sites (N-methyl/N-ethyl adjacent to an activating group) is 2. The van der Waals surface area contributed by atoms with E-state index in [9.17, 15) is 24.5 Å². The molecule has 0 spiro atoms. The van der Waals surface area contributed by atoms with Crippen molar-refractivity contribution in [2.24, 2.45) is 0 Å². The Hall–Kier alpha value is -3.05. The number of esters is 2. The van der Waals surface area contributed by atoms with Crippen LogP contribution in [-0.2, 0) is 23.9 Å². The maximum absolute atomic E-state index is 13.0. The van der Waals surface area contributed by atoms with Gasteiger partial charge in [-0.3, -0.25) is 34.3 Å².